The minimum Gasteiger partial charge on any atom is -0.437 e. The highest BCUT2D eigenvalue weighted by Crippen LogP contribution is 2.44. The van der Waals surface area contributed by atoms with E-state index in [9.17, 15) is 14.4 Å². The molecule has 0 radical (unpaired) electrons. The fourth-order valence-corrected chi connectivity index (χ4v) is 4.50. The summed E-state index contributed by atoms with van der Waals surface area (Å²) in [5, 5.41) is 0.324. The summed E-state index contributed by atoms with van der Waals surface area (Å²) in [4.78, 5) is 39.3. The lowest BCUT2D eigenvalue weighted by molar-refractivity contribution is -0.126. The molecular formula is C22H25NO5S. The van der Waals surface area contributed by atoms with Gasteiger partial charge in [-0.2, -0.15) is 0 Å². The van der Waals surface area contributed by atoms with E-state index < -0.39 is 6.16 Å². The Bertz CT molecular complexity index is 880. The summed E-state index contributed by atoms with van der Waals surface area (Å²) >= 11 is 1.30. The summed E-state index contributed by atoms with van der Waals surface area (Å²) in [6.45, 7) is 3.85. The Kier molecular flexibility index (Phi) is 6.69. The van der Waals surface area contributed by atoms with Crippen LogP contribution in [0.25, 0.3) is 10.4 Å². The molecule has 2 aromatic rings. The van der Waals surface area contributed by atoms with Crippen LogP contribution in [0.1, 0.15) is 39.5 Å². The first kappa shape index (κ1) is 21.0. The van der Waals surface area contributed by atoms with Crippen molar-refractivity contribution in [3.63, 3.8) is 0 Å². The number of ketones is 1. The number of benzene rings is 1. The number of ether oxygens (including phenoxy) is 2. The molecule has 0 atom stereocenters. The largest absolute Gasteiger partial charge is 0.514 e. The predicted octanol–water partition coefficient (Wildman–Crippen LogP) is 5.06. The van der Waals surface area contributed by atoms with Gasteiger partial charge in [0.15, 0.2) is 0 Å². The van der Waals surface area contributed by atoms with Gasteiger partial charge in [0, 0.05) is 29.7 Å². The maximum atomic E-state index is 13.3. The second-order valence-corrected chi connectivity index (χ2v) is 8.34. The van der Waals surface area contributed by atoms with Crippen LogP contribution < -0.4 is 9.64 Å². The quantitative estimate of drug-likeness (QED) is 0.638. The first-order chi connectivity index (χ1) is 13.9. The van der Waals surface area contributed by atoms with Gasteiger partial charge in [0.2, 0.25) is 11.0 Å². The van der Waals surface area contributed by atoms with E-state index in [0.29, 0.717) is 36.4 Å². The number of rotatable bonds is 5. The van der Waals surface area contributed by atoms with E-state index in [1.807, 2.05) is 50.2 Å². The van der Waals surface area contributed by atoms with Gasteiger partial charge in [-0.3, -0.25) is 9.59 Å². The molecule has 6 nitrogen and oxygen atoms in total. The number of hydrogen-bond donors (Lipinski definition) is 0. The second-order valence-electron chi connectivity index (χ2n) is 7.32. The fourth-order valence-electron chi connectivity index (χ4n) is 3.50. The first-order valence-electron chi connectivity index (χ1n) is 9.70. The van der Waals surface area contributed by atoms with E-state index in [1.165, 1.54) is 18.4 Å². The number of thiophene rings is 1. The van der Waals surface area contributed by atoms with E-state index in [2.05, 4.69) is 4.74 Å². The van der Waals surface area contributed by atoms with Gasteiger partial charge in [-0.15, -0.1) is 0 Å². The smallest absolute Gasteiger partial charge is 0.437 e. The van der Waals surface area contributed by atoms with Gasteiger partial charge in [-0.05, 0) is 38.3 Å². The van der Waals surface area contributed by atoms with Crippen molar-refractivity contribution >= 4 is 34.9 Å². The number of carbonyl (C=O) groups excluding carboxylic acids is 3. The monoisotopic (exact) mass is 415 g/mol. The molecule has 1 aliphatic carbocycles. The summed E-state index contributed by atoms with van der Waals surface area (Å²) in [5.74, 6) is -0.0393. The highest BCUT2D eigenvalue weighted by Gasteiger charge is 2.33. The molecule has 1 heterocycles. The lowest BCUT2D eigenvalue weighted by atomic mass is 9.87. The van der Waals surface area contributed by atoms with Crippen molar-refractivity contribution in [1.82, 2.24) is 0 Å². The first-order valence-corrected chi connectivity index (χ1v) is 10.5. The third kappa shape index (κ3) is 4.85. The Morgan fingerprint density at radius 2 is 1.79 bits per heavy atom. The van der Waals surface area contributed by atoms with Gasteiger partial charge < -0.3 is 14.4 Å². The van der Waals surface area contributed by atoms with Crippen LogP contribution in [0.5, 0.6) is 5.06 Å². The van der Waals surface area contributed by atoms with Gasteiger partial charge in [0.1, 0.15) is 5.78 Å². The molecule has 0 unspecified atom stereocenters. The van der Waals surface area contributed by atoms with Crippen LogP contribution in [0.2, 0.25) is 0 Å². The molecule has 1 aliphatic rings. The van der Waals surface area contributed by atoms with Crippen molar-refractivity contribution in [2.24, 2.45) is 5.92 Å². The van der Waals surface area contributed by atoms with E-state index >= 15 is 0 Å². The molecule has 3 rings (SSSR count). The van der Waals surface area contributed by atoms with E-state index in [4.69, 9.17) is 4.74 Å². The number of methoxy groups -OCH3 is 1. The number of hydrogen-bond acceptors (Lipinski definition) is 6. The van der Waals surface area contributed by atoms with Crippen molar-refractivity contribution < 1.29 is 23.9 Å². The van der Waals surface area contributed by atoms with Crippen LogP contribution >= 0.6 is 11.3 Å². The highest BCUT2D eigenvalue weighted by molar-refractivity contribution is 7.18. The molecule has 7 heteroatoms. The molecular weight excluding hydrogens is 390 g/mol. The van der Waals surface area contributed by atoms with E-state index in [0.717, 1.165) is 10.4 Å². The van der Waals surface area contributed by atoms with Crippen LogP contribution in [0, 0.1) is 5.92 Å². The third-order valence-electron chi connectivity index (χ3n) is 4.99. The highest BCUT2D eigenvalue weighted by atomic mass is 32.1. The second kappa shape index (κ2) is 9.22. The van der Waals surface area contributed by atoms with Gasteiger partial charge >= 0.3 is 6.16 Å². The van der Waals surface area contributed by atoms with Gasteiger partial charge in [0.25, 0.3) is 0 Å². The fraction of sp³-hybridized carbons (Fsp3) is 0.409. The molecule has 0 N–H and O–H groups in total. The summed E-state index contributed by atoms with van der Waals surface area (Å²) < 4.78 is 10.0. The lowest BCUT2D eigenvalue weighted by Crippen LogP contribution is -2.42. The molecule has 0 saturated heterocycles. The summed E-state index contributed by atoms with van der Waals surface area (Å²) in [7, 11) is 1.25. The van der Waals surface area contributed by atoms with Crippen molar-refractivity contribution in [3.8, 4) is 15.5 Å². The van der Waals surface area contributed by atoms with Gasteiger partial charge in [-0.1, -0.05) is 41.7 Å². The Morgan fingerprint density at radius 1 is 1.14 bits per heavy atom. The maximum Gasteiger partial charge on any atom is 0.514 e. The topological polar surface area (TPSA) is 72.9 Å². The molecule has 154 valence electrons. The standard InChI is InChI=1S/C22H25NO5S/c1-14(2)23(20(25)16-9-11-17(24)12-10-16)18-13-19(15-7-5-4-6-8-15)29-21(18)28-22(26)27-3/h4-8,13-14,16H,9-12H2,1-3H3. The molecule has 29 heavy (non-hydrogen) atoms. The predicted molar refractivity (Wildman–Crippen MR) is 112 cm³/mol. The average Bonchev–Trinajstić information content (AvgIpc) is 3.12. The number of Topliss-reactive ketones (excluding diaryl/α,β-unsaturated/α-hetero) is 1. The number of amides is 1. The van der Waals surface area contributed by atoms with Crippen LogP contribution in [0.15, 0.2) is 36.4 Å². The summed E-state index contributed by atoms with van der Waals surface area (Å²) in [6, 6.07) is 11.5. The zero-order chi connectivity index (χ0) is 21.0. The van der Waals surface area contributed by atoms with Crippen molar-refractivity contribution in [1.29, 1.82) is 0 Å². The minimum absolute atomic E-state index is 0.0420. The molecule has 1 saturated carbocycles. The maximum absolute atomic E-state index is 13.3. The van der Waals surface area contributed by atoms with Crippen LogP contribution in [0.3, 0.4) is 0 Å². The van der Waals surface area contributed by atoms with E-state index in [1.54, 1.807) is 4.90 Å². The van der Waals surface area contributed by atoms with Crippen LogP contribution in [-0.2, 0) is 14.3 Å². The van der Waals surface area contributed by atoms with Crippen molar-refractivity contribution in [2.45, 2.75) is 45.6 Å². The SMILES string of the molecule is COC(=O)Oc1sc(-c2ccccc2)cc1N(C(=O)C1CCC(=O)CC1)C(C)C. The van der Waals surface area contributed by atoms with Gasteiger partial charge in [0.05, 0.1) is 12.8 Å². The number of carbonyl (C=O) groups is 3. The minimum atomic E-state index is -0.827. The molecule has 1 aromatic carbocycles. The van der Waals surface area contributed by atoms with Crippen molar-refractivity contribution in [2.75, 3.05) is 12.0 Å². The Labute approximate surface area is 174 Å². The normalized spacial score (nSPS) is 14.7. The Balaban J connectivity index is 1.99. The van der Waals surface area contributed by atoms with E-state index in [-0.39, 0.29) is 23.7 Å². The lowest BCUT2D eigenvalue weighted by Gasteiger charge is -2.31. The zero-order valence-corrected chi connectivity index (χ0v) is 17.7. The van der Waals surface area contributed by atoms with Gasteiger partial charge in [-0.25, -0.2) is 4.79 Å². The molecule has 1 fully saturated rings. The Morgan fingerprint density at radius 3 is 2.38 bits per heavy atom. The Hall–Kier alpha value is -2.67. The number of anilines is 1. The molecule has 1 aromatic heterocycles. The zero-order valence-electron chi connectivity index (χ0n) is 16.8. The third-order valence-corrected chi connectivity index (χ3v) is 6.04. The summed E-state index contributed by atoms with van der Waals surface area (Å²) in [5.41, 5.74) is 1.52. The van der Waals surface area contributed by atoms with Crippen LogP contribution in [0.4, 0.5) is 10.5 Å². The number of nitrogens with zero attached hydrogens (tertiary/aromatic N) is 1. The average molecular weight is 416 g/mol. The van der Waals surface area contributed by atoms with Crippen LogP contribution in [-0.4, -0.2) is 31.0 Å². The van der Waals surface area contributed by atoms with Crippen molar-refractivity contribution in [3.05, 3.63) is 36.4 Å². The summed E-state index contributed by atoms with van der Waals surface area (Å²) in [6.07, 6.45) is 1.17. The molecule has 0 aliphatic heterocycles. The molecule has 0 spiro atoms. The molecule has 0 bridgehead atoms. The molecule has 1 amide bonds.